The van der Waals surface area contributed by atoms with Gasteiger partial charge in [0.25, 0.3) is 5.91 Å². The molecule has 0 saturated carbocycles. The molecule has 5 rings (SSSR count). The van der Waals surface area contributed by atoms with Crippen molar-refractivity contribution in [2.75, 3.05) is 32.2 Å². The Morgan fingerprint density at radius 2 is 1.79 bits per heavy atom. The highest BCUT2D eigenvalue weighted by atomic mass is 16.8. The largest absolute Gasteiger partial charge is 0.494 e. The zero-order chi connectivity index (χ0) is 26.3. The van der Waals surface area contributed by atoms with Crippen molar-refractivity contribution >= 4 is 22.5 Å². The number of nitrogens with zero attached hydrogens (tertiary/aromatic N) is 2. The number of amides is 1. The number of ether oxygens (including phenoxy) is 2. The van der Waals surface area contributed by atoms with Gasteiger partial charge in [0, 0.05) is 48.6 Å². The van der Waals surface area contributed by atoms with Crippen LogP contribution >= 0.6 is 0 Å². The monoisotopic (exact) mass is 514 g/mol. The van der Waals surface area contributed by atoms with Crippen molar-refractivity contribution in [3.63, 3.8) is 0 Å². The second kappa shape index (κ2) is 12.0. The van der Waals surface area contributed by atoms with Crippen molar-refractivity contribution in [1.82, 2.24) is 15.4 Å². The first-order valence-corrected chi connectivity index (χ1v) is 12.6. The van der Waals surface area contributed by atoms with E-state index in [0.29, 0.717) is 41.1 Å². The summed E-state index contributed by atoms with van der Waals surface area (Å²) in [6, 6.07) is 17.7. The van der Waals surface area contributed by atoms with Crippen LogP contribution in [0.3, 0.4) is 0 Å². The van der Waals surface area contributed by atoms with E-state index in [9.17, 15) is 4.79 Å². The van der Waals surface area contributed by atoms with Crippen molar-refractivity contribution in [2.45, 2.75) is 25.6 Å². The van der Waals surface area contributed by atoms with Crippen LogP contribution in [-0.4, -0.2) is 54.1 Å². The molecule has 1 atom stereocenters. The Labute approximate surface area is 220 Å². The molecule has 4 aromatic rings. The molecule has 0 bridgehead atoms. The van der Waals surface area contributed by atoms with E-state index in [4.69, 9.17) is 24.4 Å². The molecule has 1 fully saturated rings. The fourth-order valence-electron chi connectivity index (χ4n) is 4.48. The Bertz CT molecular complexity index is 1390. The molecule has 1 aliphatic heterocycles. The summed E-state index contributed by atoms with van der Waals surface area (Å²) in [5.74, 6) is -0.118. The fraction of sp³-hybridized carbons (Fsp3) is 0.276. The quantitative estimate of drug-likeness (QED) is 0.279. The summed E-state index contributed by atoms with van der Waals surface area (Å²) < 4.78 is 11.3. The SMILES string of the molecule is COc1c(-c2ccc(-c3ccc(NCCO)cc3)cc2)nc2ccncc2c1C(=O)NOC1CCCCO1. The molecule has 1 aliphatic rings. The number of hydrogen-bond acceptors (Lipinski definition) is 8. The zero-order valence-corrected chi connectivity index (χ0v) is 21.1. The number of rotatable bonds is 9. The molecular formula is C29H30N4O5. The first-order valence-electron chi connectivity index (χ1n) is 12.6. The number of hydroxylamine groups is 1. The number of anilines is 1. The van der Waals surface area contributed by atoms with Gasteiger partial charge in [-0.15, -0.1) is 0 Å². The summed E-state index contributed by atoms with van der Waals surface area (Å²) in [4.78, 5) is 27.9. The third kappa shape index (κ3) is 5.60. The van der Waals surface area contributed by atoms with Crippen molar-refractivity contribution in [3.05, 3.63) is 72.6 Å². The van der Waals surface area contributed by atoms with Gasteiger partial charge in [0.15, 0.2) is 12.0 Å². The fourth-order valence-corrected chi connectivity index (χ4v) is 4.48. The normalized spacial score (nSPS) is 15.3. The summed E-state index contributed by atoms with van der Waals surface area (Å²) in [5, 5.41) is 12.7. The van der Waals surface area contributed by atoms with Gasteiger partial charge in [-0.05, 0) is 42.2 Å². The van der Waals surface area contributed by atoms with Crippen molar-refractivity contribution in [3.8, 4) is 28.1 Å². The molecule has 1 unspecified atom stereocenters. The number of nitrogens with one attached hydrogen (secondary N) is 2. The number of carbonyl (C=O) groups excluding carboxylic acids is 1. The molecule has 0 radical (unpaired) electrons. The maximum Gasteiger partial charge on any atom is 0.279 e. The van der Waals surface area contributed by atoms with Gasteiger partial charge in [-0.25, -0.2) is 15.3 Å². The molecule has 1 amide bonds. The summed E-state index contributed by atoms with van der Waals surface area (Å²) in [7, 11) is 1.52. The lowest BCUT2D eigenvalue weighted by molar-refractivity contribution is -0.186. The minimum absolute atomic E-state index is 0.0807. The maximum absolute atomic E-state index is 13.4. The Morgan fingerprint density at radius 3 is 2.47 bits per heavy atom. The van der Waals surface area contributed by atoms with E-state index in [0.717, 1.165) is 41.6 Å². The number of fused-ring (bicyclic) bond motifs is 1. The standard InChI is InChI=1S/C29H30N4O5/c1-36-28-26(29(35)33-38-25-4-2-3-17-37-25)23-18-30-14-13-24(23)32-27(28)21-7-5-19(6-8-21)20-9-11-22(12-10-20)31-15-16-34/h5-14,18,25,31,34H,2-4,15-17H2,1H3,(H,33,35). The van der Waals surface area contributed by atoms with Crippen LogP contribution in [0.15, 0.2) is 67.0 Å². The summed E-state index contributed by atoms with van der Waals surface area (Å²) in [6.45, 7) is 1.19. The molecule has 196 valence electrons. The molecular weight excluding hydrogens is 484 g/mol. The van der Waals surface area contributed by atoms with E-state index in [2.05, 4.69) is 15.8 Å². The number of hydrogen-bond donors (Lipinski definition) is 3. The van der Waals surface area contributed by atoms with Crippen LogP contribution in [-0.2, 0) is 9.57 Å². The van der Waals surface area contributed by atoms with Gasteiger partial charge in [-0.2, -0.15) is 0 Å². The van der Waals surface area contributed by atoms with Crippen LogP contribution in [0.1, 0.15) is 29.6 Å². The van der Waals surface area contributed by atoms with Gasteiger partial charge >= 0.3 is 0 Å². The smallest absolute Gasteiger partial charge is 0.279 e. The highest BCUT2D eigenvalue weighted by Gasteiger charge is 2.24. The highest BCUT2D eigenvalue weighted by molar-refractivity contribution is 6.09. The number of aliphatic hydroxyl groups is 1. The van der Waals surface area contributed by atoms with Crippen LogP contribution in [0.25, 0.3) is 33.3 Å². The van der Waals surface area contributed by atoms with E-state index in [1.807, 2.05) is 48.5 Å². The predicted octanol–water partition coefficient (Wildman–Crippen LogP) is 4.56. The lowest BCUT2D eigenvalue weighted by atomic mass is 9.99. The number of benzene rings is 2. The Hall–Kier alpha value is -4.05. The molecule has 9 heteroatoms. The Morgan fingerprint density at radius 1 is 1.05 bits per heavy atom. The Kier molecular flexibility index (Phi) is 8.08. The van der Waals surface area contributed by atoms with Gasteiger partial charge < -0.3 is 19.9 Å². The summed E-state index contributed by atoms with van der Waals surface area (Å²) in [6.07, 6.45) is 5.45. The molecule has 0 aliphatic carbocycles. The van der Waals surface area contributed by atoms with Crippen molar-refractivity contribution in [2.24, 2.45) is 0 Å². The van der Waals surface area contributed by atoms with Gasteiger partial charge in [0.2, 0.25) is 0 Å². The van der Waals surface area contributed by atoms with Gasteiger partial charge in [0.05, 0.1) is 24.8 Å². The first-order chi connectivity index (χ1) is 18.7. The van der Waals surface area contributed by atoms with E-state index < -0.39 is 12.2 Å². The van der Waals surface area contributed by atoms with E-state index in [1.54, 1.807) is 18.5 Å². The second-order valence-corrected chi connectivity index (χ2v) is 8.91. The number of methoxy groups -OCH3 is 1. The van der Waals surface area contributed by atoms with Crippen LogP contribution < -0.4 is 15.5 Å². The predicted molar refractivity (Wildman–Crippen MR) is 145 cm³/mol. The molecule has 0 spiro atoms. The van der Waals surface area contributed by atoms with Crippen LogP contribution in [0.2, 0.25) is 0 Å². The number of aliphatic hydroxyl groups excluding tert-OH is 1. The van der Waals surface area contributed by atoms with Gasteiger partial charge in [-0.3, -0.25) is 9.78 Å². The molecule has 3 heterocycles. The average molecular weight is 515 g/mol. The van der Waals surface area contributed by atoms with E-state index in [-0.39, 0.29) is 6.61 Å². The number of pyridine rings is 2. The zero-order valence-electron chi connectivity index (χ0n) is 21.1. The summed E-state index contributed by atoms with van der Waals surface area (Å²) >= 11 is 0. The minimum atomic E-state index is -0.475. The number of carbonyl (C=O) groups is 1. The second-order valence-electron chi connectivity index (χ2n) is 8.91. The van der Waals surface area contributed by atoms with Crippen molar-refractivity contribution in [1.29, 1.82) is 0 Å². The molecule has 9 nitrogen and oxygen atoms in total. The molecule has 2 aromatic carbocycles. The van der Waals surface area contributed by atoms with Gasteiger partial charge in [0.1, 0.15) is 5.69 Å². The lowest BCUT2D eigenvalue weighted by Gasteiger charge is -2.22. The topological polar surface area (TPSA) is 115 Å². The summed E-state index contributed by atoms with van der Waals surface area (Å²) in [5.41, 5.74) is 7.83. The Balaban J connectivity index is 1.45. The van der Waals surface area contributed by atoms with Crippen LogP contribution in [0.4, 0.5) is 5.69 Å². The molecule has 2 aromatic heterocycles. The third-order valence-corrected chi connectivity index (χ3v) is 6.41. The average Bonchev–Trinajstić information content (AvgIpc) is 2.98. The van der Waals surface area contributed by atoms with E-state index >= 15 is 0 Å². The first kappa shape index (κ1) is 25.6. The van der Waals surface area contributed by atoms with Gasteiger partial charge in [-0.1, -0.05) is 36.4 Å². The van der Waals surface area contributed by atoms with Crippen LogP contribution in [0.5, 0.6) is 5.75 Å². The van der Waals surface area contributed by atoms with Crippen molar-refractivity contribution < 1.29 is 24.2 Å². The number of aromatic nitrogens is 2. The lowest BCUT2D eigenvalue weighted by Crippen LogP contribution is -2.33. The van der Waals surface area contributed by atoms with Crippen LogP contribution in [0, 0.1) is 0 Å². The molecule has 38 heavy (non-hydrogen) atoms. The minimum Gasteiger partial charge on any atom is -0.494 e. The third-order valence-electron chi connectivity index (χ3n) is 6.41. The highest BCUT2D eigenvalue weighted by Crippen LogP contribution is 2.37. The van der Waals surface area contributed by atoms with E-state index in [1.165, 1.54) is 7.11 Å². The maximum atomic E-state index is 13.4. The molecule has 1 saturated heterocycles. The molecule has 3 N–H and O–H groups in total.